The maximum absolute atomic E-state index is 11.8. The molecular formula is C19H24O6. The van der Waals surface area contributed by atoms with Crippen LogP contribution in [0, 0.1) is 6.92 Å². The van der Waals surface area contributed by atoms with Crippen LogP contribution in [0.15, 0.2) is 12.1 Å². The second-order valence-corrected chi connectivity index (χ2v) is 5.67. The van der Waals surface area contributed by atoms with E-state index in [4.69, 9.17) is 23.7 Å². The average molecular weight is 348 g/mol. The Bertz CT molecular complexity index is 782. The van der Waals surface area contributed by atoms with Crippen molar-refractivity contribution in [3.8, 4) is 23.0 Å². The fourth-order valence-corrected chi connectivity index (χ4v) is 2.90. The summed E-state index contributed by atoms with van der Waals surface area (Å²) in [6.45, 7) is 3.53. The molecule has 25 heavy (non-hydrogen) atoms. The topological polar surface area (TPSA) is 63.2 Å². The molecule has 0 unspecified atom stereocenters. The molecule has 0 aliphatic carbocycles. The largest absolute Gasteiger partial charge is 0.496 e. The number of hydrogen-bond donors (Lipinski definition) is 0. The van der Waals surface area contributed by atoms with E-state index in [0.29, 0.717) is 28.4 Å². The predicted octanol–water partition coefficient (Wildman–Crippen LogP) is 3.29. The molecule has 6 heteroatoms. The van der Waals surface area contributed by atoms with Crippen LogP contribution < -0.4 is 18.9 Å². The van der Waals surface area contributed by atoms with Crippen molar-refractivity contribution in [2.75, 3.05) is 35.2 Å². The number of methoxy groups -OCH3 is 4. The SMILES string of the molecule is COCOc1c(CC(C)=O)c(C)cc2c(OC)cc(OC)c(OC)c12. The Morgan fingerprint density at radius 1 is 0.960 bits per heavy atom. The van der Waals surface area contributed by atoms with Crippen molar-refractivity contribution < 1.29 is 28.5 Å². The number of carbonyl (C=O) groups is 1. The molecule has 0 heterocycles. The molecule has 0 atom stereocenters. The highest BCUT2D eigenvalue weighted by atomic mass is 16.7. The van der Waals surface area contributed by atoms with E-state index in [0.717, 1.165) is 16.5 Å². The van der Waals surface area contributed by atoms with E-state index in [1.54, 1.807) is 41.4 Å². The molecule has 0 aliphatic rings. The number of aryl methyl sites for hydroxylation is 1. The first kappa shape index (κ1) is 18.9. The molecule has 2 aromatic rings. The third-order valence-electron chi connectivity index (χ3n) is 3.98. The minimum atomic E-state index is 0.0403. The lowest BCUT2D eigenvalue weighted by molar-refractivity contribution is -0.116. The van der Waals surface area contributed by atoms with Gasteiger partial charge in [-0.15, -0.1) is 0 Å². The highest BCUT2D eigenvalue weighted by molar-refractivity contribution is 6.02. The molecule has 6 nitrogen and oxygen atoms in total. The minimum absolute atomic E-state index is 0.0403. The van der Waals surface area contributed by atoms with Crippen LogP contribution in [0.4, 0.5) is 0 Å². The summed E-state index contributed by atoms with van der Waals surface area (Å²) in [4.78, 5) is 11.8. The Labute approximate surface area is 147 Å². The van der Waals surface area contributed by atoms with Crippen LogP contribution >= 0.6 is 0 Å². The third-order valence-corrected chi connectivity index (χ3v) is 3.98. The molecule has 0 spiro atoms. The van der Waals surface area contributed by atoms with Gasteiger partial charge in [-0.3, -0.25) is 4.79 Å². The summed E-state index contributed by atoms with van der Waals surface area (Å²) in [6, 6.07) is 3.74. The van der Waals surface area contributed by atoms with Crippen molar-refractivity contribution in [3.63, 3.8) is 0 Å². The zero-order valence-corrected chi connectivity index (χ0v) is 15.5. The van der Waals surface area contributed by atoms with Gasteiger partial charge in [-0.2, -0.15) is 0 Å². The molecule has 0 saturated heterocycles. The van der Waals surface area contributed by atoms with E-state index < -0.39 is 0 Å². The Kier molecular flexibility index (Phi) is 6.09. The van der Waals surface area contributed by atoms with Gasteiger partial charge in [0.05, 0.1) is 26.7 Å². The zero-order valence-electron chi connectivity index (χ0n) is 15.5. The molecule has 0 bridgehead atoms. The van der Waals surface area contributed by atoms with Gasteiger partial charge in [0, 0.05) is 30.5 Å². The van der Waals surface area contributed by atoms with Crippen LogP contribution in [-0.2, 0) is 16.0 Å². The zero-order chi connectivity index (χ0) is 18.6. The number of hydrogen-bond acceptors (Lipinski definition) is 6. The van der Waals surface area contributed by atoms with Gasteiger partial charge in [-0.05, 0) is 25.5 Å². The highest BCUT2D eigenvalue weighted by Crippen LogP contribution is 2.48. The summed E-state index contributed by atoms with van der Waals surface area (Å²) in [6.07, 6.45) is 0.253. The van der Waals surface area contributed by atoms with E-state index in [-0.39, 0.29) is 19.0 Å². The van der Waals surface area contributed by atoms with Crippen molar-refractivity contribution in [2.45, 2.75) is 20.3 Å². The molecule has 0 saturated carbocycles. The first-order valence-electron chi connectivity index (χ1n) is 7.84. The molecule has 0 fully saturated rings. The van der Waals surface area contributed by atoms with Gasteiger partial charge in [-0.1, -0.05) is 0 Å². The van der Waals surface area contributed by atoms with Crippen LogP contribution in [0.5, 0.6) is 23.0 Å². The molecule has 0 aromatic heterocycles. The monoisotopic (exact) mass is 348 g/mol. The first-order chi connectivity index (χ1) is 12.0. The Balaban J connectivity index is 2.94. The van der Waals surface area contributed by atoms with Crippen LogP contribution in [0.3, 0.4) is 0 Å². The molecule has 136 valence electrons. The van der Waals surface area contributed by atoms with Crippen molar-refractivity contribution >= 4 is 16.6 Å². The summed E-state index contributed by atoms with van der Waals surface area (Å²) in [5.74, 6) is 2.26. The van der Waals surface area contributed by atoms with Gasteiger partial charge in [0.2, 0.25) is 0 Å². The number of rotatable bonds is 8. The summed E-state index contributed by atoms with van der Waals surface area (Å²) >= 11 is 0. The fraction of sp³-hybridized carbons (Fsp3) is 0.421. The van der Waals surface area contributed by atoms with Crippen molar-refractivity contribution in [1.82, 2.24) is 0 Å². The van der Waals surface area contributed by atoms with E-state index in [2.05, 4.69) is 0 Å². The molecule has 2 rings (SSSR count). The van der Waals surface area contributed by atoms with E-state index in [1.807, 2.05) is 13.0 Å². The van der Waals surface area contributed by atoms with Crippen LogP contribution in [0.1, 0.15) is 18.1 Å². The third kappa shape index (κ3) is 3.64. The van der Waals surface area contributed by atoms with Gasteiger partial charge < -0.3 is 23.7 Å². The van der Waals surface area contributed by atoms with Crippen LogP contribution in [0.2, 0.25) is 0 Å². The highest BCUT2D eigenvalue weighted by Gasteiger charge is 2.23. The van der Waals surface area contributed by atoms with Crippen LogP contribution in [-0.4, -0.2) is 41.0 Å². The molecular weight excluding hydrogens is 324 g/mol. The quantitative estimate of drug-likeness (QED) is 0.682. The Hall–Kier alpha value is -2.47. The number of ether oxygens (including phenoxy) is 5. The molecule has 0 amide bonds. The normalized spacial score (nSPS) is 10.6. The average Bonchev–Trinajstić information content (AvgIpc) is 2.59. The van der Waals surface area contributed by atoms with Crippen molar-refractivity contribution in [3.05, 3.63) is 23.3 Å². The first-order valence-corrected chi connectivity index (χ1v) is 7.84. The van der Waals surface area contributed by atoms with Gasteiger partial charge in [0.15, 0.2) is 18.3 Å². The maximum atomic E-state index is 11.8. The lowest BCUT2D eigenvalue weighted by atomic mass is 9.95. The number of fused-ring (bicyclic) bond motifs is 1. The number of benzene rings is 2. The lowest BCUT2D eigenvalue weighted by Crippen LogP contribution is -2.08. The van der Waals surface area contributed by atoms with E-state index in [9.17, 15) is 4.79 Å². The van der Waals surface area contributed by atoms with E-state index >= 15 is 0 Å². The summed E-state index contributed by atoms with van der Waals surface area (Å²) in [7, 11) is 6.26. The molecule has 0 radical (unpaired) electrons. The van der Waals surface area contributed by atoms with Crippen molar-refractivity contribution in [2.24, 2.45) is 0 Å². The van der Waals surface area contributed by atoms with Crippen LogP contribution in [0.25, 0.3) is 10.8 Å². The second kappa shape index (κ2) is 8.07. The minimum Gasteiger partial charge on any atom is -0.496 e. The Morgan fingerprint density at radius 2 is 1.64 bits per heavy atom. The number of ketones is 1. The van der Waals surface area contributed by atoms with Gasteiger partial charge >= 0.3 is 0 Å². The van der Waals surface area contributed by atoms with Gasteiger partial charge in [0.1, 0.15) is 17.3 Å². The molecule has 0 aliphatic heterocycles. The summed E-state index contributed by atoms with van der Waals surface area (Å²) in [5.41, 5.74) is 1.73. The van der Waals surface area contributed by atoms with Gasteiger partial charge in [0.25, 0.3) is 0 Å². The lowest BCUT2D eigenvalue weighted by Gasteiger charge is -2.20. The van der Waals surface area contributed by atoms with E-state index in [1.165, 1.54) is 0 Å². The Morgan fingerprint density at radius 3 is 2.16 bits per heavy atom. The number of Topliss-reactive ketones (excluding diaryl/α,β-unsaturated/α-hetero) is 1. The predicted molar refractivity (Wildman–Crippen MR) is 95.2 cm³/mol. The second-order valence-electron chi connectivity index (χ2n) is 5.67. The maximum Gasteiger partial charge on any atom is 0.188 e. The standard InChI is InChI=1S/C19H24O6/c1-11-7-14-15(22-4)9-16(23-5)19(24-6)17(14)18(25-10-21-3)13(11)8-12(2)20/h7,9H,8,10H2,1-6H3. The summed E-state index contributed by atoms with van der Waals surface area (Å²) in [5, 5.41) is 1.51. The fourth-order valence-electron chi connectivity index (χ4n) is 2.90. The van der Waals surface area contributed by atoms with Gasteiger partial charge in [-0.25, -0.2) is 0 Å². The number of carbonyl (C=O) groups excluding carboxylic acids is 1. The van der Waals surface area contributed by atoms with Crippen molar-refractivity contribution in [1.29, 1.82) is 0 Å². The molecule has 0 N–H and O–H groups in total. The smallest absolute Gasteiger partial charge is 0.188 e. The molecule has 2 aromatic carbocycles. The summed E-state index contributed by atoms with van der Waals surface area (Å²) < 4.78 is 27.5.